The minimum absolute atomic E-state index is 0.0348. The Morgan fingerprint density at radius 3 is 2.61 bits per heavy atom. The summed E-state index contributed by atoms with van der Waals surface area (Å²) < 4.78 is 6.25. The van der Waals surface area contributed by atoms with Gasteiger partial charge in [-0.1, -0.05) is 32.0 Å². The van der Waals surface area contributed by atoms with Gasteiger partial charge in [-0.2, -0.15) is 0 Å². The van der Waals surface area contributed by atoms with Crippen LogP contribution in [0.15, 0.2) is 53.2 Å². The van der Waals surface area contributed by atoms with Crippen LogP contribution in [0.5, 0.6) is 0 Å². The van der Waals surface area contributed by atoms with Crippen molar-refractivity contribution in [1.82, 2.24) is 15.2 Å². The molecular weight excluding hydrogens is 416 g/mol. The topological polar surface area (TPSA) is 101 Å². The van der Waals surface area contributed by atoms with Crippen LogP contribution in [-0.2, 0) is 16.0 Å². The van der Waals surface area contributed by atoms with Gasteiger partial charge in [-0.25, -0.2) is 0 Å². The van der Waals surface area contributed by atoms with Gasteiger partial charge in [0.2, 0.25) is 11.8 Å². The maximum atomic E-state index is 13.5. The Kier molecular flexibility index (Phi) is 6.79. The van der Waals surface area contributed by atoms with E-state index < -0.39 is 12.1 Å². The van der Waals surface area contributed by atoms with Crippen molar-refractivity contribution in [3.8, 4) is 11.3 Å². The first-order valence-electron chi connectivity index (χ1n) is 11.6. The van der Waals surface area contributed by atoms with Crippen LogP contribution in [0.4, 0.5) is 0 Å². The minimum atomic E-state index is -0.659. The number of nitrogens with one attached hydrogen (secondary N) is 1. The predicted octanol–water partition coefficient (Wildman–Crippen LogP) is 3.52. The lowest BCUT2D eigenvalue weighted by molar-refractivity contribution is -0.138. The van der Waals surface area contributed by atoms with Gasteiger partial charge in [0.25, 0.3) is 0 Å². The molecule has 0 spiro atoms. The van der Waals surface area contributed by atoms with Crippen LogP contribution in [0.1, 0.15) is 39.2 Å². The molecule has 0 radical (unpaired) electrons. The highest BCUT2D eigenvalue weighted by atomic mass is 16.3. The second-order valence-corrected chi connectivity index (χ2v) is 9.19. The maximum absolute atomic E-state index is 13.5. The number of pyridine rings is 1. The Morgan fingerprint density at radius 2 is 1.91 bits per heavy atom. The Balaban J connectivity index is 1.64. The van der Waals surface area contributed by atoms with Gasteiger partial charge in [0, 0.05) is 41.5 Å². The van der Waals surface area contributed by atoms with E-state index in [9.17, 15) is 9.59 Å². The van der Waals surface area contributed by atoms with Crippen LogP contribution in [0.2, 0.25) is 0 Å². The van der Waals surface area contributed by atoms with Crippen molar-refractivity contribution in [3.63, 3.8) is 0 Å². The van der Waals surface area contributed by atoms with Crippen molar-refractivity contribution in [2.45, 2.75) is 58.2 Å². The van der Waals surface area contributed by atoms with Crippen LogP contribution in [0, 0.1) is 5.92 Å². The van der Waals surface area contributed by atoms with E-state index in [0.717, 1.165) is 40.7 Å². The van der Waals surface area contributed by atoms with Gasteiger partial charge in [-0.15, -0.1) is 0 Å². The van der Waals surface area contributed by atoms with Crippen LogP contribution >= 0.6 is 0 Å². The summed E-state index contributed by atoms with van der Waals surface area (Å²) in [6, 6.07) is 10.7. The van der Waals surface area contributed by atoms with E-state index in [-0.39, 0.29) is 23.8 Å². The first kappa shape index (κ1) is 23.0. The van der Waals surface area contributed by atoms with Crippen molar-refractivity contribution in [2.24, 2.45) is 11.7 Å². The lowest BCUT2D eigenvalue weighted by atomic mass is 9.97. The molecule has 3 atom stereocenters. The number of hydrogen-bond donors (Lipinski definition) is 2. The highest BCUT2D eigenvalue weighted by molar-refractivity contribution is 5.91. The summed E-state index contributed by atoms with van der Waals surface area (Å²) in [5.41, 5.74) is 8.63. The third kappa shape index (κ3) is 4.78. The molecular formula is C26H32N4O3. The molecule has 2 aromatic heterocycles. The first-order valence-corrected chi connectivity index (χ1v) is 11.6. The average Bonchev–Trinajstić information content (AvgIpc) is 3.42. The Bertz CT molecular complexity index is 1120. The van der Waals surface area contributed by atoms with E-state index in [1.807, 2.05) is 49.1 Å². The standard InChI is InChI=1S/C26H32N4O3/c1-16(2)23(29-25(31)17(3)27)26(32)30-14-6-7-19(30)15-21-20-8-4-5-9-22(20)33-24(21)18-10-12-28-13-11-18/h4-5,8-13,16-17,19,23H,6-7,14-15,27H2,1-3H3,(H,29,31)/t17-,19?,23?/m0/s1. The SMILES string of the molecule is CC(C)C(NC(=O)[C@H](C)N)C(=O)N1CCCC1Cc1c(-c2ccncc2)oc2ccccc12. The third-order valence-corrected chi connectivity index (χ3v) is 6.38. The quantitative estimate of drug-likeness (QED) is 0.576. The summed E-state index contributed by atoms with van der Waals surface area (Å²) >= 11 is 0. The van der Waals surface area contributed by atoms with Crippen LogP contribution in [-0.4, -0.2) is 46.4 Å². The highest BCUT2D eigenvalue weighted by Crippen LogP contribution is 2.36. The van der Waals surface area contributed by atoms with Gasteiger partial charge in [0.1, 0.15) is 17.4 Å². The number of aromatic nitrogens is 1. The number of carbonyl (C=O) groups excluding carboxylic acids is 2. The maximum Gasteiger partial charge on any atom is 0.245 e. The average molecular weight is 449 g/mol. The van der Waals surface area contributed by atoms with Gasteiger partial charge in [0.15, 0.2) is 0 Å². The summed E-state index contributed by atoms with van der Waals surface area (Å²) in [6.45, 7) is 6.20. The zero-order valence-electron chi connectivity index (χ0n) is 19.5. The predicted molar refractivity (Wildman–Crippen MR) is 128 cm³/mol. The summed E-state index contributed by atoms with van der Waals surface area (Å²) in [5.74, 6) is 0.436. The second-order valence-electron chi connectivity index (χ2n) is 9.19. The number of furan rings is 1. The molecule has 3 aromatic rings. The van der Waals surface area contributed by atoms with E-state index >= 15 is 0 Å². The smallest absolute Gasteiger partial charge is 0.245 e. The zero-order chi connectivity index (χ0) is 23.5. The molecule has 1 fully saturated rings. The second kappa shape index (κ2) is 9.75. The first-order chi connectivity index (χ1) is 15.9. The molecule has 1 saturated heterocycles. The molecule has 174 valence electrons. The van der Waals surface area contributed by atoms with E-state index in [1.54, 1.807) is 19.3 Å². The summed E-state index contributed by atoms with van der Waals surface area (Å²) in [7, 11) is 0. The van der Waals surface area contributed by atoms with E-state index in [4.69, 9.17) is 10.2 Å². The van der Waals surface area contributed by atoms with Crippen molar-refractivity contribution in [3.05, 3.63) is 54.4 Å². The van der Waals surface area contributed by atoms with E-state index in [1.165, 1.54) is 0 Å². The summed E-state index contributed by atoms with van der Waals surface area (Å²) in [5, 5.41) is 3.92. The molecule has 0 saturated carbocycles. The largest absolute Gasteiger partial charge is 0.456 e. The lowest BCUT2D eigenvalue weighted by Crippen LogP contribution is -2.55. The van der Waals surface area contributed by atoms with E-state index in [2.05, 4.69) is 16.4 Å². The molecule has 7 nitrogen and oxygen atoms in total. The molecule has 1 aliphatic rings. The fraction of sp³-hybridized carbons (Fsp3) is 0.423. The zero-order valence-corrected chi connectivity index (χ0v) is 19.5. The Morgan fingerprint density at radius 1 is 1.18 bits per heavy atom. The summed E-state index contributed by atoms with van der Waals surface area (Å²) in [4.78, 5) is 31.8. The number of benzene rings is 1. The molecule has 7 heteroatoms. The number of fused-ring (bicyclic) bond motifs is 1. The van der Waals surface area contributed by atoms with Crippen molar-refractivity contribution >= 4 is 22.8 Å². The van der Waals surface area contributed by atoms with Gasteiger partial charge < -0.3 is 20.4 Å². The molecule has 0 bridgehead atoms. The summed E-state index contributed by atoms with van der Waals surface area (Å²) in [6.07, 6.45) is 6.04. The molecule has 2 amide bonds. The van der Waals surface area contributed by atoms with Crippen molar-refractivity contribution in [1.29, 1.82) is 0 Å². The van der Waals surface area contributed by atoms with Gasteiger partial charge in [-0.3, -0.25) is 14.6 Å². The number of likely N-dealkylation sites (tertiary alicyclic amines) is 1. The fourth-order valence-corrected chi connectivity index (χ4v) is 4.59. The molecule has 33 heavy (non-hydrogen) atoms. The molecule has 2 unspecified atom stereocenters. The number of nitrogens with two attached hydrogens (primary N) is 1. The number of amides is 2. The van der Waals surface area contributed by atoms with Crippen LogP contribution in [0.3, 0.4) is 0 Å². The van der Waals surface area contributed by atoms with E-state index in [0.29, 0.717) is 13.0 Å². The Hall–Kier alpha value is -3.19. The monoisotopic (exact) mass is 448 g/mol. The normalized spacial score (nSPS) is 18.0. The number of carbonyl (C=O) groups is 2. The minimum Gasteiger partial charge on any atom is -0.456 e. The molecule has 0 aliphatic carbocycles. The van der Waals surface area contributed by atoms with Gasteiger partial charge in [-0.05, 0) is 50.3 Å². The Labute approximate surface area is 194 Å². The van der Waals surface area contributed by atoms with Crippen molar-refractivity contribution < 1.29 is 14.0 Å². The lowest BCUT2D eigenvalue weighted by Gasteiger charge is -2.31. The molecule has 3 heterocycles. The van der Waals surface area contributed by atoms with Crippen LogP contribution < -0.4 is 11.1 Å². The number of rotatable bonds is 7. The molecule has 3 N–H and O–H groups in total. The molecule has 4 rings (SSSR count). The molecule has 1 aliphatic heterocycles. The third-order valence-electron chi connectivity index (χ3n) is 6.38. The van der Waals surface area contributed by atoms with Crippen LogP contribution in [0.25, 0.3) is 22.3 Å². The number of para-hydroxylation sites is 1. The fourth-order valence-electron chi connectivity index (χ4n) is 4.59. The number of nitrogens with zero attached hydrogens (tertiary/aromatic N) is 2. The number of hydrogen-bond acceptors (Lipinski definition) is 5. The van der Waals surface area contributed by atoms with Gasteiger partial charge in [0.05, 0.1) is 6.04 Å². The van der Waals surface area contributed by atoms with Crippen molar-refractivity contribution in [2.75, 3.05) is 6.54 Å². The molecule has 1 aromatic carbocycles. The van der Waals surface area contributed by atoms with Gasteiger partial charge >= 0.3 is 0 Å². The highest BCUT2D eigenvalue weighted by Gasteiger charge is 2.36.